The summed E-state index contributed by atoms with van der Waals surface area (Å²) in [6, 6.07) is 14.7. The topological polar surface area (TPSA) is 54.0 Å². The Morgan fingerprint density at radius 1 is 0.917 bits per heavy atom. The van der Waals surface area contributed by atoms with Crippen LogP contribution in [0.4, 0.5) is 26.0 Å². The van der Waals surface area contributed by atoms with Crippen LogP contribution in [0.15, 0.2) is 66.9 Å². The molecular weight excluding hydrogens is 312 g/mol. The standard InChI is InChI=1S/C18H13F2N3O/c19-12-7-9-13(10-8-12)22-17-14(4-3-11-21-17)18(24)23-16-6-2-1-5-15(16)20/h1-11H,(H,21,22)(H,23,24). The third-order valence-electron chi connectivity index (χ3n) is 3.28. The van der Waals surface area contributed by atoms with Crippen molar-refractivity contribution >= 4 is 23.1 Å². The number of benzene rings is 2. The molecule has 6 heteroatoms. The fourth-order valence-corrected chi connectivity index (χ4v) is 2.11. The van der Waals surface area contributed by atoms with E-state index in [0.717, 1.165) is 0 Å². The Morgan fingerprint density at radius 3 is 2.42 bits per heavy atom. The van der Waals surface area contributed by atoms with Crippen LogP contribution in [0.25, 0.3) is 0 Å². The minimum atomic E-state index is -0.525. The summed E-state index contributed by atoms with van der Waals surface area (Å²) in [7, 11) is 0. The van der Waals surface area contributed by atoms with Crippen LogP contribution in [0.5, 0.6) is 0 Å². The second-order valence-corrected chi connectivity index (χ2v) is 4.97. The fourth-order valence-electron chi connectivity index (χ4n) is 2.11. The number of rotatable bonds is 4. The van der Waals surface area contributed by atoms with E-state index in [2.05, 4.69) is 15.6 Å². The number of pyridine rings is 1. The van der Waals surface area contributed by atoms with Gasteiger partial charge in [0.1, 0.15) is 17.5 Å². The van der Waals surface area contributed by atoms with Gasteiger partial charge in [-0.15, -0.1) is 0 Å². The van der Waals surface area contributed by atoms with Crippen molar-refractivity contribution in [3.63, 3.8) is 0 Å². The molecule has 24 heavy (non-hydrogen) atoms. The smallest absolute Gasteiger partial charge is 0.259 e. The van der Waals surface area contributed by atoms with Gasteiger partial charge >= 0.3 is 0 Å². The number of hydrogen-bond donors (Lipinski definition) is 2. The molecule has 0 aliphatic heterocycles. The predicted molar refractivity (Wildman–Crippen MR) is 88.3 cm³/mol. The van der Waals surface area contributed by atoms with Gasteiger partial charge in [-0.25, -0.2) is 13.8 Å². The van der Waals surface area contributed by atoms with E-state index in [1.165, 1.54) is 48.7 Å². The Balaban J connectivity index is 1.84. The molecular formula is C18H13F2N3O. The summed E-state index contributed by atoms with van der Waals surface area (Å²) in [6.45, 7) is 0. The lowest BCUT2D eigenvalue weighted by Crippen LogP contribution is -2.15. The van der Waals surface area contributed by atoms with Crippen molar-refractivity contribution in [2.75, 3.05) is 10.6 Å². The highest BCUT2D eigenvalue weighted by Crippen LogP contribution is 2.21. The lowest BCUT2D eigenvalue weighted by molar-refractivity contribution is 0.102. The third kappa shape index (κ3) is 3.55. The molecule has 0 aliphatic rings. The highest BCUT2D eigenvalue weighted by Gasteiger charge is 2.14. The highest BCUT2D eigenvalue weighted by atomic mass is 19.1. The third-order valence-corrected chi connectivity index (χ3v) is 3.28. The summed E-state index contributed by atoms with van der Waals surface area (Å²) < 4.78 is 26.6. The van der Waals surface area contributed by atoms with Crippen LogP contribution in [-0.2, 0) is 0 Å². The largest absolute Gasteiger partial charge is 0.340 e. The first kappa shape index (κ1) is 15.6. The zero-order valence-corrected chi connectivity index (χ0v) is 12.5. The number of nitrogens with one attached hydrogen (secondary N) is 2. The molecule has 3 aromatic rings. The van der Waals surface area contributed by atoms with Gasteiger partial charge in [-0.2, -0.15) is 0 Å². The average molecular weight is 325 g/mol. The van der Waals surface area contributed by atoms with Gasteiger partial charge < -0.3 is 10.6 Å². The minimum Gasteiger partial charge on any atom is -0.340 e. The van der Waals surface area contributed by atoms with Crippen LogP contribution < -0.4 is 10.6 Å². The Labute approximate surface area is 137 Å². The Kier molecular flexibility index (Phi) is 4.47. The molecule has 0 fully saturated rings. The lowest BCUT2D eigenvalue weighted by Gasteiger charge is -2.11. The van der Waals surface area contributed by atoms with Gasteiger partial charge in [0.15, 0.2) is 0 Å². The zero-order valence-electron chi connectivity index (χ0n) is 12.5. The summed E-state index contributed by atoms with van der Waals surface area (Å²) in [5, 5.41) is 5.46. The van der Waals surface area contributed by atoms with E-state index in [4.69, 9.17) is 0 Å². The normalized spacial score (nSPS) is 10.2. The summed E-state index contributed by atoms with van der Waals surface area (Å²) >= 11 is 0. The number of carbonyl (C=O) groups is 1. The molecule has 0 saturated heterocycles. The van der Waals surface area contributed by atoms with Crippen molar-refractivity contribution in [2.45, 2.75) is 0 Å². The van der Waals surface area contributed by atoms with Crippen molar-refractivity contribution in [3.8, 4) is 0 Å². The van der Waals surface area contributed by atoms with Crippen molar-refractivity contribution in [2.24, 2.45) is 0 Å². The van der Waals surface area contributed by atoms with Crippen LogP contribution in [-0.4, -0.2) is 10.9 Å². The Hall–Kier alpha value is -3.28. The number of amides is 1. The van der Waals surface area contributed by atoms with E-state index < -0.39 is 11.7 Å². The van der Waals surface area contributed by atoms with Gasteiger partial charge in [0, 0.05) is 11.9 Å². The SMILES string of the molecule is O=C(Nc1ccccc1F)c1cccnc1Nc1ccc(F)cc1. The maximum Gasteiger partial charge on any atom is 0.259 e. The Bertz CT molecular complexity index is 866. The summed E-state index contributed by atoms with van der Waals surface area (Å²) in [5.41, 5.74) is 0.902. The van der Waals surface area contributed by atoms with Crippen molar-refractivity contribution < 1.29 is 13.6 Å². The molecule has 4 nitrogen and oxygen atoms in total. The number of hydrogen-bond acceptors (Lipinski definition) is 3. The summed E-state index contributed by atoms with van der Waals surface area (Å²) in [6.07, 6.45) is 1.52. The first-order chi connectivity index (χ1) is 11.6. The van der Waals surface area contributed by atoms with E-state index >= 15 is 0 Å². The van der Waals surface area contributed by atoms with Crippen LogP contribution >= 0.6 is 0 Å². The van der Waals surface area contributed by atoms with Gasteiger partial charge in [0.05, 0.1) is 11.3 Å². The average Bonchev–Trinajstić information content (AvgIpc) is 2.59. The molecule has 0 aliphatic carbocycles. The molecule has 0 spiro atoms. The van der Waals surface area contributed by atoms with E-state index in [1.54, 1.807) is 18.2 Å². The van der Waals surface area contributed by atoms with Gasteiger partial charge in [-0.1, -0.05) is 12.1 Å². The Morgan fingerprint density at radius 2 is 1.67 bits per heavy atom. The van der Waals surface area contributed by atoms with Gasteiger partial charge in [0.2, 0.25) is 0 Å². The first-order valence-corrected chi connectivity index (χ1v) is 7.17. The lowest BCUT2D eigenvalue weighted by atomic mass is 10.2. The maximum atomic E-state index is 13.7. The summed E-state index contributed by atoms with van der Waals surface area (Å²) in [5.74, 6) is -1.10. The molecule has 0 atom stereocenters. The quantitative estimate of drug-likeness (QED) is 0.749. The van der Waals surface area contributed by atoms with Crippen molar-refractivity contribution in [1.82, 2.24) is 4.98 Å². The monoisotopic (exact) mass is 325 g/mol. The number of halogens is 2. The molecule has 0 saturated carbocycles. The minimum absolute atomic E-state index is 0.0825. The van der Waals surface area contributed by atoms with Crippen molar-refractivity contribution in [1.29, 1.82) is 0 Å². The van der Waals surface area contributed by atoms with E-state index in [9.17, 15) is 13.6 Å². The molecule has 120 valence electrons. The molecule has 0 radical (unpaired) electrons. The number of anilines is 3. The van der Waals surface area contributed by atoms with Crippen LogP contribution in [0, 0.1) is 11.6 Å². The second-order valence-electron chi connectivity index (χ2n) is 4.97. The molecule has 0 unspecified atom stereocenters. The van der Waals surface area contributed by atoms with Gasteiger partial charge in [0.25, 0.3) is 5.91 Å². The molecule has 1 amide bonds. The van der Waals surface area contributed by atoms with Crippen molar-refractivity contribution in [3.05, 3.63) is 84.1 Å². The molecule has 3 rings (SSSR count). The van der Waals surface area contributed by atoms with Crippen LogP contribution in [0.3, 0.4) is 0 Å². The highest BCUT2D eigenvalue weighted by molar-refractivity contribution is 6.07. The molecule has 1 heterocycles. The molecule has 1 aromatic heterocycles. The zero-order chi connectivity index (χ0) is 16.9. The van der Waals surface area contributed by atoms with E-state index in [-0.39, 0.29) is 22.9 Å². The van der Waals surface area contributed by atoms with Gasteiger partial charge in [-0.3, -0.25) is 4.79 Å². The number of para-hydroxylation sites is 1. The maximum absolute atomic E-state index is 13.7. The van der Waals surface area contributed by atoms with Crippen LogP contribution in [0.1, 0.15) is 10.4 Å². The number of aromatic nitrogens is 1. The predicted octanol–water partition coefficient (Wildman–Crippen LogP) is 4.36. The number of nitrogens with zero attached hydrogens (tertiary/aromatic N) is 1. The molecule has 0 bridgehead atoms. The molecule has 2 N–H and O–H groups in total. The fraction of sp³-hybridized carbons (Fsp3) is 0. The van der Waals surface area contributed by atoms with E-state index in [1.807, 2.05) is 0 Å². The second kappa shape index (κ2) is 6.87. The van der Waals surface area contributed by atoms with Gasteiger partial charge in [-0.05, 0) is 48.5 Å². The molecule has 2 aromatic carbocycles. The summed E-state index contributed by atoms with van der Waals surface area (Å²) in [4.78, 5) is 16.5. The number of carbonyl (C=O) groups excluding carboxylic acids is 1. The van der Waals surface area contributed by atoms with Crippen LogP contribution in [0.2, 0.25) is 0 Å². The van der Waals surface area contributed by atoms with E-state index in [0.29, 0.717) is 5.69 Å². The first-order valence-electron chi connectivity index (χ1n) is 7.17.